The van der Waals surface area contributed by atoms with E-state index in [1.54, 1.807) is 0 Å². The summed E-state index contributed by atoms with van der Waals surface area (Å²) in [6.45, 7) is 11.3. The Bertz CT molecular complexity index is 477. The van der Waals surface area contributed by atoms with Crippen LogP contribution in [0.5, 0.6) is 0 Å². The van der Waals surface area contributed by atoms with Crippen LogP contribution < -0.4 is 0 Å². The number of carbonyl (C=O) groups excluding carboxylic acids is 1. The minimum absolute atomic E-state index is 0.0766. The van der Waals surface area contributed by atoms with E-state index in [2.05, 4.69) is 51.6 Å². The summed E-state index contributed by atoms with van der Waals surface area (Å²) in [5.41, 5.74) is 1.41. The first-order chi connectivity index (χ1) is 9.44. The second-order valence-corrected chi connectivity index (χ2v) is 6.55. The molecule has 20 heavy (non-hydrogen) atoms. The Morgan fingerprint density at radius 1 is 1.40 bits per heavy atom. The van der Waals surface area contributed by atoms with E-state index in [1.807, 2.05) is 17.0 Å². The van der Waals surface area contributed by atoms with Gasteiger partial charge in [-0.15, -0.1) is 6.58 Å². The van der Waals surface area contributed by atoms with E-state index in [0.717, 1.165) is 13.0 Å². The molecule has 0 aliphatic carbocycles. The van der Waals surface area contributed by atoms with Crippen molar-refractivity contribution in [1.82, 2.24) is 4.90 Å². The first kappa shape index (κ1) is 14.8. The molecule has 2 heteroatoms. The van der Waals surface area contributed by atoms with Crippen LogP contribution in [0.25, 0.3) is 0 Å². The van der Waals surface area contributed by atoms with Gasteiger partial charge in [-0.1, -0.05) is 50.3 Å². The number of likely N-dealkylation sites (tertiary alicyclic amines) is 1. The normalized spacial score (nSPS) is 21.1. The maximum Gasteiger partial charge on any atom is 0.223 e. The van der Waals surface area contributed by atoms with Gasteiger partial charge in [0.15, 0.2) is 0 Å². The van der Waals surface area contributed by atoms with Crippen molar-refractivity contribution in [3.8, 4) is 0 Å². The number of nitrogens with zero attached hydrogens (tertiary/aromatic N) is 1. The largest absolute Gasteiger partial charge is 0.339 e. The zero-order valence-electron chi connectivity index (χ0n) is 12.8. The highest BCUT2D eigenvalue weighted by Gasteiger charge is 2.34. The summed E-state index contributed by atoms with van der Waals surface area (Å²) < 4.78 is 0. The molecule has 1 aliphatic heterocycles. The Morgan fingerprint density at radius 3 is 2.60 bits per heavy atom. The smallest absolute Gasteiger partial charge is 0.223 e. The minimum atomic E-state index is 0.0766. The maximum atomic E-state index is 12.1. The molecule has 108 valence electrons. The number of benzene rings is 1. The minimum Gasteiger partial charge on any atom is -0.339 e. The number of hydrogen-bond donors (Lipinski definition) is 0. The highest BCUT2D eigenvalue weighted by Crippen LogP contribution is 2.31. The molecule has 1 saturated heterocycles. The Hall–Kier alpha value is -1.57. The Balaban J connectivity index is 2.06. The molecule has 0 N–H and O–H groups in total. The third kappa shape index (κ3) is 3.12. The molecule has 0 aromatic heterocycles. The van der Waals surface area contributed by atoms with Gasteiger partial charge in [-0.3, -0.25) is 4.79 Å². The predicted molar refractivity (Wildman–Crippen MR) is 83.6 cm³/mol. The SMILES string of the molecule is C=CC1CC(=O)N(C(C)CC(C)(C)c2ccccc2)C1. The molecule has 0 bridgehead atoms. The van der Waals surface area contributed by atoms with Gasteiger partial charge in [0.25, 0.3) is 0 Å². The lowest BCUT2D eigenvalue weighted by molar-refractivity contribution is -0.129. The molecule has 2 rings (SSSR count). The molecule has 1 aliphatic rings. The van der Waals surface area contributed by atoms with E-state index < -0.39 is 0 Å². The van der Waals surface area contributed by atoms with Crippen LogP contribution in [0.1, 0.15) is 39.2 Å². The molecular formula is C18H25NO. The third-order valence-corrected chi connectivity index (χ3v) is 4.41. The Labute approximate surface area is 122 Å². The first-order valence-electron chi connectivity index (χ1n) is 7.41. The molecule has 1 heterocycles. The molecule has 0 saturated carbocycles. The first-order valence-corrected chi connectivity index (χ1v) is 7.41. The van der Waals surface area contributed by atoms with E-state index >= 15 is 0 Å². The van der Waals surface area contributed by atoms with Gasteiger partial charge in [0, 0.05) is 24.9 Å². The number of amides is 1. The molecule has 1 aromatic rings. The van der Waals surface area contributed by atoms with E-state index in [-0.39, 0.29) is 17.4 Å². The summed E-state index contributed by atoms with van der Waals surface area (Å²) in [5, 5.41) is 0. The molecule has 1 amide bonds. The van der Waals surface area contributed by atoms with Crippen molar-refractivity contribution >= 4 is 5.91 Å². The van der Waals surface area contributed by atoms with Crippen molar-refractivity contribution in [2.75, 3.05) is 6.54 Å². The van der Waals surface area contributed by atoms with Crippen LogP contribution in [0.15, 0.2) is 43.0 Å². The topological polar surface area (TPSA) is 20.3 Å². The molecule has 2 atom stereocenters. The maximum absolute atomic E-state index is 12.1. The monoisotopic (exact) mass is 271 g/mol. The highest BCUT2D eigenvalue weighted by molar-refractivity contribution is 5.79. The summed E-state index contributed by atoms with van der Waals surface area (Å²) in [5.74, 6) is 0.594. The Kier molecular flexibility index (Phi) is 4.32. The standard InChI is InChI=1S/C18H25NO/c1-5-15-11-17(20)19(13-15)14(2)12-18(3,4)16-9-7-6-8-10-16/h5-10,14-15H,1,11-13H2,2-4H3. The van der Waals surface area contributed by atoms with Crippen LogP contribution >= 0.6 is 0 Å². The van der Waals surface area contributed by atoms with Crippen LogP contribution in [0.2, 0.25) is 0 Å². The second kappa shape index (κ2) is 5.82. The molecule has 0 spiro atoms. The van der Waals surface area contributed by atoms with E-state index in [4.69, 9.17) is 0 Å². The van der Waals surface area contributed by atoms with Gasteiger partial charge in [0.2, 0.25) is 5.91 Å². The van der Waals surface area contributed by atoms with Gasteiger partial charge < -0.3 is 4.90 Å². The fraction of sp³-hybridized carbons (Fsp3) is 0.500. The van der Waals surface area contributed by atoms with Crippen molar-refractivity contribution in [1.29, 1.82) is 0 Å². The lowest BCUT2D eigenvalue weighted by atomic mass is 9.79. The molecule has 1 fully saturated rings. The molecular weight excluding hydrogens is 246 g/mol. The van der Waals surface area contributed by atoms with Gasteiger partial charge in [0.05, 0.1) is 0 Å². The summed E-state index contributed by atoms with van der Waals surface area (Å²) in [7, 11) is 0. The number of rotatable bonds is 5. The van der Waals surface area contributed by atoms with Crippen LogP contribution in [-0.2, 0) is 10.2 Å². The van der Waals surface area contributed by atoms with Gasteiger partial charge >= 0.3 is 0 Å². The molecule has 0 radical (unpaired) electrons. The van der Waals surface area contributed by atoms with Gasteiger partial charge in [-0.2, -0.15) is 0 Å². The highest BCUT2D eigenvalue weighted by atomic mass is 16.2. The number of carbonyl (C=O) groups is 1. The van der Waals surface area contributed by atoms with Crippen LogP contribution in [-0.4, -0.2) is 23.4 Å². The molecule has 2 unspecified atom stereocenters. The van der Waals surface area contributed by atoms with E-state index in [1.165, 1.54) is 5.56 Å². The van der Waals surface area contributed by atoms with Crippen molar-refractivity contribution in [3.63, 3.8) is 0 Å². The predicted octanol–water partition coefficient (Wildman–Crippen LogP) is 3.78. The number of hydrogen-bond acceptors (Lipinski definition) is 1. The van der Waals surface area contributed by atoms with Gasteiger partial charge in [-0.05, 0) is 24.3 Å². The lowest BCUT2D eigenvalue weighted by Gasteiger charge is -2.33. The van der Waals surface area contributed by atoms with Gasteiger partial charge in [-0.25, -0.2) is 0 Å². The van der Waals surface area contributed by atoms with E-state index in [0.29, 0.717) is 12.3 Å². The zero-order chi connectivity index (χ0) is 14.8. The van der Waals surface area contributed by atoms with Crippen molar-refractivity contribution in [3.05, 3.63) is 48.6 Å². The second-order valence-electron chi connectivity index (χ2n) is 6.55. The fourth-order valence-corrected chi connectivity index (χ4v) is 3.20. The molecule has 1 aromatic carbocycles. The van der Waals surface area contributed by atoms with Crippen LogP contribution in [0, 0.1) is 5.92 Å². The quantitative estimate of drug-likeness (QED) is 0.746. The lowest BCUT2D eigenvalue weighted by Crippen LogP contribution is -2.38. The van der Waals surface area contributed by atoms with E-state index in [9.17, 15) is 4.79 Å². The molecule has 2 nitrogen and oxygen atoms in total. The summed E-state index contributed by atoms with van der Waals surface area (Å²) in [4.78, 5) is 14.1. The van der Waals surface area contributed by atoms with Crippen LogP contribution in [0.4, 0.5) is 0 Å². The summed E-state index contributed by atoms with van der Waals surface area (Å²) in [6.07, 6.45) is 3.51. The van der Waals surface area contributed by atoms with Crippen molar-refractivity contribution < 1.29 is 4.79 Å². The zero-order valence-corrected chi connectivity index (χ0v) is 12.8. The van der Waals surface area contributed by atoms with Crippen molar-refractivity contribution in [2.24, 2.45) is 5.92 Å². The van der Waals surface area contributed by atoms with Crippen LogP contribution in [0.3, 0.4) is 0 Å². The Morgan fingerprint density at radius 2 is 2.05 bits per heavy atom. The third-order valence-electron chi connectivity index (χ3n) is 4.41. The summed E-state index contributed by atoms with van der Waals surface area (Å²) in [6, 6.07) is 10.8. The average molecular weight is 271 g/mol. The van der Waals surface area contributed by atoms with Crippen molar-refractivity contribution in [2.45, 2.75) is 45.1 Å². The fourth-order valence-electron chi connectivity index (χ4n) is 3.20. The van der Waals surface area contributed by atoms with Gasteiger partial charge in [0.1, 0.15) is 0 Å². The average Bonchev–Trinajstić information content (AvgIpc) is 2.81. The summed E-state index contributed by atoms with van der Waals surface area (Å²) >= 11 is 0.